The molecule has 0 aliphatic heterocycles. The first-order valence-corrected chi connectivity index (χ1v) is 11.5. The minimum absolute atomic E-state index is 0.173. The summed E-state index contributed by atoms with van der Waals surface area (Å²) in [6.07, 6.45) is 1.49. The Kier molecular flexibility index (Phi) is 5.78. The molecule has 0 saturated carbocycles. The van der Waals surface area contributed by atoms with Gasteiger partial charge in [-0.3, -0.25) is 0 Å². The van der Waals surface area contributed by atoms with Crippen molar-refractivity contribution in [2.45, 2.75) is 9.79 Å². The Balaban J connectivity index is 2.15. The first kappa shape index (κ1) is 19.4. The first-order valence-electron chi connectivity index (χ1n) is 7.95. The highest BCUT2D eigenvalue weighted by Crippen LogP contribution is 2.31. The highest BCUT2D eigenvalue weighted by atomic mass is 79.9. The Bertz CT molecular complexity index is 1030. The zero-order chi connectivity index (χ0) is 18.9. The van der Waals surface area contributed by atoms with E-state index in [0.29, 0.717) is 32.6 Å². The Morgan fingerprint density at radius 3 is 2.46 bits per heavy atom. The molecule has 0 saturated heterocycles. The lowest BCUT2D eigenvalue weighted by molar-refractivity contribution is 0.432. The smallest absolute Gasteiger partial charge is 0.269 e. The molecule has 138 valence electrons. The van der Waals surface area contributed by atoms with Gasteiger partial charge in [0.15, 0.2) is 4.90 Å². The van der Waals surface area contributed by atoms with Crippen LogP contribution in [0.1, 0.15) is 0 Å². The Hall–Kier alpha value is -1.32. The van der Waals surface area contributed by atoms with Crippen molar-refractivity contribution < 1.29 is 13.0 Å². The lowest BCUT2D eigenvalue weighted by Gasteiger charge is -2.13. The quantitative estimate of drug-likeness (QED) is 0.535. The summed E-state index contributed by atoms with van der Waals surface area (Å²) >= 11 is 2.02. The topological polar surface area (TPSA) is 65.4 Å². The molecule has 0 aliphatic rings. The molecule has 0 radical (unpaired) electrons. The van der Waals surface area contributed by atoms with Gasteiger partial charge in [0.1, 0.15) is 10.6 Å². The average Bonchev–Trinajstić information content (AvgIpc) is 3.00. The van der Waals surface area contributed by atoms with Crippen LogP contribution in [0.3, 0.4) is 0 Å². The summed E-state index contributed by atoms with van der Waals surface area (Å²) < 4.78 is 40.9. The fraction of sp³-hybridized carbons (Fsp3) is 0.222. The normalized spacial score (nSPS) is 13.4. The number of nitrogens with zero attached hydrogens (tertiary/aromatic N) is 2. The summed E-state index contributed by atoms with van der Waals surface area (Å²) in [5, 5.41) is 0.695. The van der Waals surface area contributed by atoms with Crippen molar-refractivity contribution in [2.75, 3.05) is 26.4 Å². The van der Waals surface area contributed by atoms with Crippen molar-refractivity contribution in [1.82, 2.24) is 8.87 Å². The molecule has 8 heteroatoms. The number of benzene rings is 2. The van der Waals surface area contributed by atoms with Crippen LogP contribution in [-0.4, -0.2) is 48.2 Å². The SMILES string of the molecule is CN(C)CC[S+]([O-])c1cn(S(=O)(=O)c2ccccc2Br)c2ccccc12. The van der Waals surface area contributed by atoms with E-state index in [1.807, 2.05) is 31.1 Å². The largest absolute Gasteiger partial charge is 0.611 e. The van der Waals surface area contributed by atoms with Crippen LogP contribution >= 0.6 is 15.9 Å². The Morgan fingerprint density at radius 2 is 1.77 bits per heavy atom. The van der Waals surface area contributed by atoms with E-state index in [1.54, 1.807) is 36.4 Å². The molecule has 0 N–H and O–H groups in total. The number of halogens is 1. The monoisotopic (exact) mass is 454 g/mol. The molecule has 0 aliphatic carbocycles. The molecular weight excluding hydrogens is 436 g/mol. The van der Waals surface area contributed by atoms with Gasteiger partial charge in [-0.25, -0.2) is 12.4 Å². The Labute approximate surface area is 165 Å². The summed E-state index contributed by atoms with van der Waals surface area (Å²) in [7, 11) is 0.0138. The maximum atomic E-state index is 13.2. The summed E-state index contributed by atoms with van der Waals surface area (Å²) in [4.78, 5) is 2.67. The van der Waals surface area contributed by atoms with Crippen LogP contribution < -0.4 is 0 Å². The van der Waals surface area contributed by atoms with Crippen LogP contribution in [0.15, 0.2) is 69.0 Å². The van der Waals surface area contributed by atoms with E-state index >= 15 is 0 Å². The molecule has 2 aromatic carbocycles. The van der Waals surface area contributed by atoms with Gasteiger partial charge in [-0.05, 0) is 65.5 Å². The van der Waals surface area contributed by atoms with Gasteiger partial charge in [0.2, 0.25) is 0 Å². The zero-order valence-corrected chi connectivity index (χ0v) is 17.6. The number of aromatic nitrogens is 1. The number of para-hydroxylation sites is 1. The van der Waals surface area contributed by atoms with Crippen LogP contribution in [0, 0.1) is 0 Å². The zero-order valence-electron chi connectivity index (χ0n) is 14.4. The summed E-state index contributed by atoms with van der Waals surface area (Å²) in [6.45, 7) is 0.656. The van der Waals surface area contributed by atoms with E-state index in [2.05, 4.69) is 15.9 Å². The highest BCUT2D eigenvalue weighted by molar-refractivity contribution is 9.10. The predicted molar refractivity (Wildman–Crippen MR) is 108 cm³/mol. The van der Waals surface area contributed by atoms with Crippen molar-refractivity contribution in [3.63, 3.8) is 0 Å². The van der Waals surface area contributed by atoms with Gasteiger partial charge < -0.3 is 9.45 Å². The maximum absolute atomic E-state index is 13.2. The molecule has 0 spiro atoms. The molecule has 1 atom stereocenters. The fourth-order valence-electron chi connectivity index (χ4n) is 2.64. The minimum Gasteiger partial charge on any atom is -0.611 e. The van der Waals surface area contributed by atoms with Crippen molar-refractivity contribution in [1.29, 1.82) is 0 Å². The predicted octanol–water partition coefficient (Wildman–Crippen LogP) is 3.31. The highest BCUT2D eigenvalue weighted by Gasteiger charge is 2.27. The molecule has 0 amide bonds. The van der Waals surface area contributed by atoms with E-state index in [4.69, 9.17) is 0 Å². The lowest BCUT2D eigenvalue weighted by atomic mass is 10.2. The van der Waals surface area contributed by atoms with Gasteiger partial charge in [-0.1, -0.05) is 24.3 Å². The van der Waals surface area contributed by atoms with Gasteiger partial charge >= 0.3 is 0 Å². The molecule has 5 nitrogen and oxygen atoms in total. The molecule has 1 unspecified atom stereocenters. The maximum Gasteiger partial charge on any atom is 0.269 e. The molecule has 1 aromatic heterocycles. The summed E-state index contributed by atoms with van der Waals surface area (Å²) in [6, 6.07) is 13.8. The van der Waals surface area contributed by atoms with Crippen LogP contribution in [-0.2, 0) is 21.2 Å². The van der Waals surface area contributed by atoms with Gasteiger partial charge in [-0.2, -0.15) is 0 Å². The van der Waals surface area contributed by atoms with E-state index < -0.39 is 21.2 Å². The fourth-order valence-corrected chi connectivity index (χ4v) is 6.43. The lowest BCUT2D eigenvalue weighted by Crippen LogP contribution is -2.22. The number of hydrogen-bond donors (Lipinski definition) is 0. The third-order valence-corrected chi connectivity index (χ3v) is 8.04. The second kappa shape index (κ2) is 7.74. The van der Waals surface area contributed by atoms with E-state index in [1.165, 1.54) is 10.2 Å². The first-order chi connectivity index (χ1) is 12.3. The van der Waals surface area contributed by atoms with Crippen LogP contribution in [0.4, 0.5) is 0 Å². The number of rotatable bonds is 6. The second-order valence-corrected chi connectivity index (χ2v) is 10.3. The van der Waals surface area contributed by atoms with Gasteiger partial charge in [-0.15, -0.1) is 0 Å². The van der Waals surface area contributed by atoms with Crippen molar-refractivity contribution in [3.05, 3.63) is 59.2 Å². The van der Waals surface area contributed by atoms with E-state index in [-0.39, 0.29) is 4.90 Å². The third-order valence-electron chi connectivity index (χ3n) is 3.98. The molecular formula is C18H19BrN2O3S2. The van der Waals surface area contributed by atoms with Crippen molar-refractivity contribution in [3.8, 4) is 0 Å². The standard InChI is InChI=1S/C18H19BrN2O3S2/c1-20(2)11-12-25(22)17-13-21(16-9-5-3-7-14(16)17)26(23,24)18-10-6-4-8-15(18)19/h3-10,13H,11-12H2,1-2H3. The van der Waals surface area contributed by atoms with Gasteiger partial charge in [0, 0.05) is 11.0 Å². The number of hydrogen-bond acceptors (Lipinski definition) is 4. The third kappa shape index (κ3) is 3.70. The van der Waals surface area contributed by atoms with Crippen LogP contribution in [0.2, 0.25) is 0 Å². The van der Waals surface area contributed by atoms with Crippen molar-refractivity contribution >= 4 is 48.0 Å². The minimum atomic E-state index is -3.82. The molecule has 3 rings (SSSR count). The second-order valence-electron chi connectivity index (χ2n) is 6.09. The molecule has 0 fully saturated rings. The Morgan fingerprint density at radius 1 is 1.12 bits per heavy atom. The number of fused-ring (bicyclic) bond motifs is 1. The van der Waals surface area contributed by atoms with Crippen molar-refractivity contribution in [2.24, 2.45) is 0 Å². The van der Waals surface area contributed by atoms with Crippen LogP contribution in [0.25, 0.3) is 10.9 Å². The van der Waals surface area contributed by atoms with E-state index in [0.717, 1.165) is 0 Å². The van der Waals surface area contributed by atoms with Crippen LogP contribution in [0.5, 0.6) is 0 Å². The van der Waals surface area contributed by atoms with Gasteiger partial charge in [0.05, 0.1) is 17.1 Å². The van der Waals surface area contributed by atoms with Gasteiger partial charge in [0.25, 0.3) is 10.0 Å². The summed E-state index contributed by atoms with van der Waals surface area (Å²) in [5.74, 6) is 0.441. The average molecular weight is 455 g/mol. The molecule has 26 heavy (non-hydrogen) atoms. The summed E-state index contributed by atoms with van der Waals surface area (Å²) in [5.41, 5.74) is 0.524. The molecule has 1 heterocycles. The van der Waals surface area contributed by atoms with E-state index in [9.17, 15) is 13.0 Å². The molecule has 0 bridgehead atoms. The molecule has 3 aromatic rings.